The van der Waals surface area contributed by atoms with Crippen LogP contribution in [-0.4, -0.2) is 37.2 Å². The average molecular weight is 391 g/mol. The van der Waals surface area contributed by atoms with Gasteiger partial charge >= 0.3 is 6.03 Å². The molecule has 2 amide bonds. The molecule has 0 fully saturated rings. The Labute approximate surface area is 163 Å². The second-order valence-corrected chi connectivity index (χ2v) is 6.70. The largest absolute Gasteiger partial charge is 0.496 e. The fourth-order valence-corrected chi connectivity index (χ4v) is 3.23. The minimum atomic E-state index is -0.490. The molecule has 0 bridgehead atoms. The number of hydrogen-bond donors (Lipinski definition) is 4. The molecule has 2 rings (SSSR count). The van der Waals surface area contributed by atoms with Gasteiger partial charge in [-0.3, -0.25) is 4.99 Å². The molecular formula is C18H26N6O2S. The van der Waals surface area contributed by atoms with Crippen molar-refractivity contribution < 1.29 is 9.53 Å². The summed E-state index contributed by atoms with van der Waals surface area (Å²) in [5.41, 5.74) is 13.0. The van der Waals surface area contributed by atoms with Crippen LogP contribution in [0, 0.1) is 0 Å². The van der Waals surface area contributed by atoms with Crippen molar-refractivity contribution in [3.05, 3.63) is 40.9 Å². The van der Waals surface area contributed by atoms with Gasteiger partial charge in [0.25, 0.3) is 0 Å². The van der Waals surface area contributed by atoms with Gasteiger partial charge in [0.2, 0.25) is 0 Å². The standard InChI is InChI=1S/C18H26N6O2S/c1-26-15-8-3-2-6-13(15)9-11-21-16(19)24-18-23-14(12-27-18)7-4-5-10-22-17(20)25/h2-3,6,8,12H,4-5,7,9-11H2,1H3,(H3,20,22,25)(H3,19,21,23,24). The summed E-state index contributed by atoms with van der Waals surface area (Å²) in [4.78, 5) is 19.4. The Hall–Kier alpha value is -2.81. The van der Waals surface area contributed by atoms with Gasteiger partial charge in [-0.05, 0) is 37.3 Å². The van der Waals surface area contributed by atoms with Crippen molar-refractivity contribution >= 4 is 28.5 Å². The fraction of sp³-hybridized carbons (Fsp3) is 0.389. The molecular weight excluding hydrogens is 364 g/mol. The summed E-state index contributed by atoms with van der Waals surface area (Å²) in [5.74, 6) is 1.20. The van der Waals surface area contributed by atoms with E-state index in [1.807, 2.05) is 29.6 Å². The van der Waals surface area contributed by atoms with Gasteiger partial charge in [0.05, 0.1) is 12.8 Å². The van der Waals surface area contributed by atoms with Gasteiger partial charge in [-0.15, -0.1) is 11.3 Å². The minimum Gasteiger partial charge on any atom is -0.496 e. The second kappa shape index (κ2) is 11.0. The highest BCUT2D eigenvalue weighted by atomic mass is 32.1. The molecule has 9 heteroatoms. The molecule has 0 spiro atoms. The van der Waals surface area contributed by atoms with Gasteiger partial charge in [-0.2, -0.15) is 0 Å². The lowest BCUT2D eigenvalue weighted by Gasteiger charge is -2.07. The quantitative estimate of drug-likeness (QED) is 0.281. The third kappa shape index (κ3) is 7.53. The molecule has 0 saturated carbocycles. The zero-order valence-electron chi connectivity index (χ0n) is 15.4. The molecule has 0 aliphatic heterocycles. The molecule has 0 aliphatic carbocycles. The van der Waals surface area contributed by atoms with Gasteiger partial charge in [0, 0.05) is 18.5 Å². The fourth-order valence-electron chi connectivity index (χ4n) is 2.48. The van der Waals surface area contributed by atoms with E-state index in [0.29, 0.717) is 19.0 Å². The van der Waals surface area contributed by atoms with Crippen LogP contribution in [0.15, 0.2) is 34.6 Å². The minimum absolute atomic E-state index is 0.344. The zero-order valence-corrected chi connectivity index (χ0v) is 16.2. The number of carbonyl (C=O) groups is 1. The number of para-hydroxylation sites is 1. The monoisotopic (exact) mass is 390 g/mol. The maximum absolute atomic E-state index is 10.6. The summed E-state index contributed by atoms with van der Waals surface area (Å²) in [6.45, 7) is 1.14. The molecule has 27 heavy (non-hydrogen) atoms. The van der Waals surface area contributed by atoms with Crippen molar-refractivity contribution in [3.63, 3.8) is 0 Å². The lowest BCUT2D eigenvalue weighted by molar-refractivity contribution is 0.248. The van der Waals surface area contributed by atoms with Crippen molar-refractivity contribution in [3.8, 4) is 5.75 Å². The van der Waals surface area contributed by atoms with Crippen molar-refractivity contribution in [2.75, 3.05) is 25.5 Å². The normalized spacial score (nSPS) is 11.2. The number of rotatable bonds is 10. The molecule has 0 saturated heterocycles. The van der Waals surface area contributed by atoms with E-state index in [9.17, 15) is 4.79 Å². The van der Waals surface area contributed by atoms with Crippen LogP contribution in [0.4, 0.5) is 9.93 Å². The third-order valence-corrected chi connectivity index (χ3v) is 4.61. The first-order chi connectivity index (χ1) is 13.1. The summed E-state index contributed by atoms with van der Waals surface area (Å²) < 4.78 is 5.33. The van der Waals surface area contributed by atoms with E-state index in [1.54, 1.807) is 7.11 Å². The Morgan fingerprint density at radius 3 is 2.85 bits per heavy atom. The van der Waals surface area contributed by atoms with Crippen molar-refractivity contribution in [1.82, 2.24) is 10.3 Å². The van der Waals surface area contributed by atoms with Gasteiger partial charge in [0.15, 0.2) is 11.1 Å². The average Bonchev–Trinajstić information content (AvgIpc) is 3.08. The number of benzene rings is 1. The molecule has 1 heterocycles. The highest BCUT2D eigenvalue weighted by molar-refractivity contribution is 7.13. The number of nitrogens with one attached hydrogen (secondary N) is 2. The molecule has 2 aromatic rings. The van der Waals surface area contributed by atoms with E-state index in [4.69, 9.17) is 16.2 Å². The van der Waals surface area contributed by atoms with E-state index in [-0.39, 0.29) is 0 Å². The highest BCUT2D eigenvalue weighted by Gasteiger charge is 2.04. The molecule has 8 nitrogen and oxygen atoms in total. The third-order valence-electron chi connectivity index (χ3n) is 3.80. The second-order valence-electron chi connectivity index (χ2n) is 5.85. The predicted octanol–water partition coefficient (Wildman–Crippen LogP) is 2.11. The van der Waals surface area contributed by atoms with E-state index in [2.05, 4.69) is 20.6 Å². The van der Waals surface area contributed by atoms with Gasteiger partial charge in [-0.25, -0.2) is 9.78 Å². The smallest absolute Gasteiger partial charge is 0.312 e. The van der Waals surface area contributed by atoms with Crippen molar-refractivity contribution in [1.29, 1.82) is 0 Å². The van der Waals surface area contributed by atoms with Crippen LogP contribution in [0.5, 0.6) is 5.75 Å². The van der Waals surface area contributed by atoms with Crippen LogP contribution < -0.4 is 26.8 Å². The number of aryl methyl sites for hydroxylation is 1. The number of aromatic nitrogens is 1. The number of hydrogen-bond acceptors (Lipinski definition) is 5. The Bertz CT molecular complexity index is 762. The van der Waals surface area contributed by atoms with Crippen molar-refractivity contribution in [2.45, 2.75) is 25.7 Å². The first-order valence-corrected chi connectivity index (χ1v) is 9.63. The number of anilines is 1. The van der Waals surface area contributed by atoms with E-state index >= 15 is 0 Å². The number of unbranched alkanes of at least 4 members (excludes halogenated alkanes) is 1. The lowest BCUT2D eigenvalue weighted by atomic mass is 10.1. The zero-order chi connectivity index (χ0) is 19.5. The molecule has 0 radical (unpaired) electrons. The van der Waals surface area contributed by atoms with E-state index < -0.39 is 6.03 Å². The van der Waals surface area contributed by atoms with Crippen LogP contribution in [0.3, 0.4) is 0 Å². The number of guanidine groups is 1. The van der Waals surface area contributed by atoms with E-state index in [0.717, 1.165) is 47.8 Å². The van der Waals surface area contributed by atoms with Crippen LogP contribution in [0.2, 0.25) is 0 Å². The SMILES string of the molecule is COc1ccccc1CCN=C(N)Nc1nc(CCCCNC(N)=O)cs1. The topological polar surface area (TPSA) is 128 Å². The Kier molecular flexibility index (Phi) is 8.37. The van der Waals surface area contributed by atoms with E-state index in [1.165, 1.54) is 11.3 Å². The molecule has 1 aromatic carbocycles. The number of methoxy groups -OCH3 is 1. The highest BCUT2D eigenvalue weighted by Crippen LogP contribution is 2.18. The van der Waals surface area contributed by atoms with Gasteiger partial charge in [0.1, 0.15) is 5.75 Å². The first-order valence-electron chi connectivity index (χ1n) is 8.75. The van der Waals surface area contributed by atoms with Gasteiger partial charge < -0.3 is 26.8 Å². The maximum atomic E-state index is 10.6. The van der Waals surface area contributed by atoms with Crippen LogP contribution >= 0.6 is 11.3 Å². The summed E-state index contributed by atoms with van der Waals surface area (Å²) in [6.07, 6.45) is 3.36. The number of nitrogens with two attached hydrogens (primary N) is 2. The molecule has 6 N–H and O–H groups in total. The van der Waals surface area contributed by atoms with Crippen LogP contribution in [0.25, 0.3) is 0 Å². The molecule has 0 atom stereocenters. The first kappa shape index (κ1) is 20.5. The Morgan fingerprint density at radius 1 is 1.26 bits per heavy atom. The number of ether oxygens (including phenoxy) is 1. The number of amides is 2. The molecule has 146 valence electrons. The number of urea groups is 1. The number of thiazole rings is 1. The number of primary amides is 1. The predicted molar refractivity (Wildman–Crippen MR) is 109 cm³/mol. The van der Waals surface area contributed by atoms with Crippen LogP contribution in [-0.2, 0) is 12.8 Å². The summed E-state index contributed by atoms with van der Waals surface area (Å²) in [6, 6.07) is 7.38. The molecule has 0 unspecified atom stereocenters. The molecule has 1 aromatic heterocycles. The Morgan fingerprint density at radius 2 is 2.07 bits per heavy atom. The van der Waals surface area contributed by atoms with Crippen molar-refractivity contribution in [2.24, 2.45) is 16.5 Å². The van der Waals surface area contributed by atoms with Gasteiger partial charge in [-0.1, -0.05) is 18.2 Å². The lowest BCUT2D eigenvalue weighted by Crippen LogP contribution is -2.30. The number of aliphatic imine (C=N–C) groups is 1. The maximum Gasteiger partial charge on any atom is 0.312 e. The van der Waals surface area contributed by atoms with Crippen LogP contribution in [0.1, 0.15) is 24.1 Å². The molecule has 0 aliphatic rings. The summed E-state index contributed by atoms with van der Waals surface area (Å²) >= 11 is 1.49. The number of carbonyl (C=O) groups excluding carboxylic acids is 1. The summed E-state index contributed by atoms with van der Waals surface area (Å²) in [7, 11) is 1.66. The number of nitrogens with zero attached hydrogens (tertiary/aromatic N) is 2. The summed E-state index contributed by atoms with van der Waals surface area (Å²) in [5, 5.41) is 8.31. The Balaban J connectivity index is 1.73.